The van der Waals surface area contributed by atoms with E-state index in [0.29, 0.717) is 13.0 Å². The number of halogens is 3. The molecule has 5 nitrogen and oxygen atoms in total. The predicted molar refractivity (Wildman–Crippen MR) is 78.1 cm³/mol. The van der Waals surface area contributed by atoms with E-state index < -0.39 is 29.7 Å². The van der Waals surface area contributed by atoms with Gasteiger partial charge in [-0.1, -0.05) is 12.1 Å². The number of likely N-dealkylation sites (tertiary alicyclic amines) is 1. The number of carbonyl (C=O) groups is 2. The van der Waals surface area contributed by atoms with Crippen LogP contribution in [-0.2, 0) is 20.5 Å². The number of rotatable bonds is 6. The number of alkyl halides is 3. The van der Waals surface area contributed by atoms with Gasteiger partial charge in [0, 0.05) is 26.7 Å². The Morgan fingerprint density at radius 2 is 2.12 bits per heavy atom. The maximum absolute atomic E-state index is 12.9. The molecule has 1 heterocycles. The molecule has 0 spiro atoms. The third-order valence-corrected chi connectivity index (χ3v) is 4.05. The zero-order valence-electron chi connectivity index (χ0n) is 13.0. The Hall–Kier alpha value is -2.09. The largest absolute Gasteiger partial charge is 0.481 e. The first-order valence-electron chi connectivity index (χ1n) is 7.44. The summed E-state index contributed by atoms with van der Waals surface area (Å²) >= 11 is 0. The van der Waals surface area contributed by atoms with Gasteiger partial charge in [-0.2, -0.15) is 13.2 Å². The van der Waals surface area contributed by atoms with Crippen molar-refractivity contribution in [2.75, 3.05) is 20.3 Å². The van der Waals surface area contributed by atoms with Gasteiger partial charge in [0.2, 0.25) is 5.91 Å². The molecule has 2 rings (SSSR count). The van der Waals surface area contributed by atoms with Crippen LogP contribution in [0.15, 0.2) is 24.3 Å². The number of carboxylic acid groups (broad SMARTS) is 1. The van der Waals surface area contributed by atoms with E-state index >= 15 is 0 Å². The van der Waals surface area contributed by atoms with E-state index in [1.807, 2.05) is 0 Å². The number of carboxylic acids is 1. The minimum atomic E-state index is -4.53. The first kappa shape index (κ1) is 18.3. The average Bonchev–Trinajstić information content (AvgIpc) is 2.84. The smallest absolute Gasteiger partial charge is 0.416 e. The number of hydrogen-bond acceptors (Lipinski definition) is 3. The molecule has 2 atom stereocenters. The van der Waals surface area contributed by atoms with Gasteiger partial charge in [-0.05, 0) is 24.1 Å². The lowest BCUT2D eigenvalue weighted by molar-refractivity contribution is -0.142. The van der Waals surface area contributed by atoms with E-state index in [4.69, 9.17) is 4.74 Å². The van der Waals surface area contributed by atoms with Crippen LogP contribution >= 0.6 is 0 Å². The van der Waals surface area contributed by atoms with Crippen molar-refractivity contribution in [2.45, 2.75) is 25.1 Å². The fraction of sp³-hybridized carbons (Fsp3) is 0.500. The van der Waals surface area contributed by atoms with Gasteiger partial charge in [0.05, 0.1) is 17.5 Å². The average molecular weight is 345 g/mol. The van der Waals surface area contributed by atoms with Crippen molar-refractivity contribution in [3.8, 4) is 0 Å². The van der Waals surface area contributed by atoms with E-state index in [0.717, 1.165) is 12.1 Å². The second-order valence-corrected chi connectivity index (χ2v) is 5.65. The molecule has 1 N–H and O–H groups in total. The Kier molecular flexibility index (Phi) is 5.48. The number of carbonyl (C=O) groups excluding carboxylic acids is 1. The zero-order chi connectivity index (χ0) is 17.9. The maximum atomic E-state index is 12.9. The van der Waals surface area contributed by atoms with Gasteiger partial charge in [0.15, 0.2) is 0 Å². The highest BCUT2D eigenvalue weighted by Crippen LogP contribution is 2.40. The van der Waals surface area contributed by atoms with Crippen LogP contribution in [0.1, 0.15) is 30.0 Å². The lowest BCUT2D eigenvalue weighted by Crippen LogP contribution is -2.32. The summed E-state index contributed by atoms with van der Waals surface area (Å²) in [4.78, 5) is 25.0. The highest BCUT2D eigenvalue weighted by Gasteiger charge is 2.45. The predicted octanol–water partition coefficient (Wildman–Crippen LogP) is 2.72. The van der Waals surface area contributed by atoms with Crippen LogP contribution < -0.4 is 0 Å². The summed E-state index contributed by atoms with van der Waals surface area (Å²) in [6.45, 7) is 0.605. The minimum Gasteiger partial charge on any atom is -0.481 e. The van der Waals surface area contributed by atoms with Crippen LogP contribution in [0.25, 0.3) is 0 Å². The summed E-state index contributed by atoms with van der Waals surface area (Å²) in [5, 5.41) is 9.36. The molecule has 1 saturated heterocycles. The monoisotopic (exact) mass is 345 g/mol. The fourth-order valence-corrected chi connectivity index (χ4v) is 2.97. The van der Waals surface area contributed by atoms with E-state index in [-0.39, 0.29) is 24.4 Å². The van der Waals surface area contributed by atoms with Crippen LogP contribution in [0.2, 0.25) is 0 Å². The molecule has 0 bridgehead atoms. The number of ether oxygens (including phenoxy) is 1. The van der Waals surface area contributed by atoms with Crippen molar-refractivity contribution < 1.29 is 32.6 Å². The summed E-state index contributed by atoms with van der Waals surface area (Å²) in [5.74, 6) is -2.63. The number of amides is 1. The zero-order valence-corrected chi connectivity index (χ0v) is 13.0. The molecule has 0 radical (unpaired) electrons. The summed E-state index contributed by atoms with van der Waals surface area (Å²) in [6.07, 6.45) is -4.27. The minimum absolute atomic E-state index is 0.181. The normalized spacial score (nSPS) is 21.3. The molecule has 1 aliphatic rings. The van der Waals surface area contributed by atoms with Crippen LogP contribution in [0.4, 0.5) is 13.2 Å². The van der Waals surface area contributed by atoms with Crippen molar-refractivity contribution in [3.05, 3.63) is 35.4 Å². The van der Waals surface area contributed by atoms with Gasteiger partial charge in [0.25, 0.3) is 0 Å². The highest BCUT2D eigenvalue weighted by molar-refractivity contribution is 5.87. The molecule has 1 fully saturated rings. The second-order valence-electron chi connectivity index (χ2n) is 5.65. The maximum Gasteiger partial charge on any atom is 0.416 e. The molecule has 1 aromatic rings. The van der Waals surface area contributed by atoms with E-state index in [9.17, 15) is 27.9 Å². The van der Waals surface area contributed by atoms with Gasteiger partial charge < -0.3 is 14.7 Å². The first-order chi connectivity index (χ1) is 11.3. The molecule has 24 heavy (non-hydrogen) atoms. The van der Waals surface area contributed by atoms with Crippen LogP contribution in [-0.4, -0.2) is 42.1 Å². The molecule has 132 valence electrons. The van der Waals surface area contributed by atoms with E-state index in [2.05, 4.69) is 0 Å². The second kappa shape index (κ2) is 7.21. The van der Waals surface area contributed by atoms with Crippen LogP contribution in [0.3, 0.4) is 0 Å². The summed E-state index contributed by atoms with van der Waals surface area (Å²) in [7, 11) is 1.50. The summed E-state index contributed by atoms with van der Waals surface area (Å²) in [5.41, 5.74) is -0.680. The molecular weight excluding hydrogens is 327 g/mol. The fourth-order valence-electron chi connectivity index (χ4n) is 2.97. The Morgan fingerprint density at radius 3 is 2.71 bits per heavy atom. The molecule has 0 saturated carbocycles. The Labute approximate surface area is 137 Å². The quantitative estimate of drug-likeness (QED) is 0.805. The van der Waals surface area contributed by atoms with Gasteiger partial charge in [-0.3, -0.25) is 9.59 Å². The molecular formula is C16H18F3NO4. The van der Waals surface area contributed by atoms with Crippen molar-refractivity contribution in [1.29, 1.82) is 0 Å². The molecule has 0 aromatic heterocycles. The Morgan fingerprint density at radius 1 is 1.42 bits per heavy atom. The number of nitrogens with zero attached hydrogens (tertiary/aromatic N) is 1. The molecule has 1 amide bonds. The first-order valence-corrected chi connectivity index (χ1v) is 7.44. The number of benzene rings is 1. The summed E-state index contributed by atoms with van der Waals surface area (Å²) in [6, 6.07) is 3.59. The molecule has 8 heteroatoms. The lowest BCUT2D eigenvalue weighted by atomic mass is 9.92. The van der Waals surface area contributed by atoms with Gasteiger partial charge in [-0.15, -0.1) is 0 Å². The van der Waals surface area contributed by atoms with Gasteiger partial charge in [0.1, 0.15) is 0 Å². The third kappa shape index (κ3) is 3.87. The SMILES string of the molecule is COCCCN1C(=O)CC(C(=O)O)C1c1cccc(C(F)(F)F)c1. The highest BCUT2D eigenvalue weighted by atomic mass is 19.4. The number of hydrogen-bond donors (Lipinski definition) is 1. The molecule has 2 unspecified atom stereocenters. The summed E-state index contributed by atoms with van der Waals surface area (Å²) < 4.78 is 43.7. The lowest BCUT2D eigenvalue weighted by Gasteiger charge is -2.27. The molecule has 1 aromatic carbocycles. The molecule has 0 aliphatic carbocycles. The Balaban J connectivity index is 2.36. The van der Waals surface area contributed by atoms with Crippen LogP contribution in [0, 0.1) is 5.92 Å². The van der Waals surface area contributed by atoms with E-state index in [1.54, 1.807) is 0 Å². The Bertz CT molecular complexity index is 618. The standard InChI is InChI=1S/C16H18F3NO4/c1-24-7-3-6-20-13(21)9-12(15(22)23)14(20)10-4-2-5-11(8-10)16(17,18)19/h2,4-5,8,12,14H,3,6-7,9H2,1H3,(H,22,23). The van der Waals surface area contributed by atoms with Crippen LogP contribution in [0.5, 0.6) is 0 Å². The molecule has 1 aliphatic heterocycles. The van der Waals surface area contributed by atoms with Crippen molar-refractivity contribution in [2.24, 2.45) is 5.92 Å². The van der Waals surface area contributed by atoms with E-state index in [1.165, 1.54) is 24.1 Å². The topological polar surface area (TPSA) is 66.8 Å². The van der Waals surface area contributed by atoms with Gasteiger partial charge in [-0.25, -0.2) is 0 Å². The number of methoxy groups -OCH3 is 1. The third-order valence-electron chi connectivity index (χ3n) is 4.05. The van der Waals surface area contributed by atoms with Crippen molar-refractivity contribution in [3.63, 3.8) is 0 Å². The van der Waals surface area contributed by atoms with Crippen molar-refractivity contribution >= 4 is 11.9 Å². The number of aliphatic carboxylic acids is 1. The van der Waals surface area contributed by atoms with Gasteiger partial charge >= 0.3 is 12.1 Å². The van der Waals surface area contributed by atoms with Crippen molar-refractivity contribution in [1.82, 2.24) is 4.90 Å².